The molecule has 14 heavy (non-hydrogen) atoms. The second-order valence-corrected chi connectivity index (χ2v) is 2.64. The zero-order valence-corrected chi connectivity index (χ0v) is 7.29. The molecule has 0 saturated carbocycles. The molecule has 1 amide bonds. The minimum atomic E-state index is -0.325. The molecule has 2 rings (SSSR count). The van der Waals surface area contributed by atoms with Crippen molar-refractivity contribution in [1.82, 2.24) is 14.8 Å². The zero-order valence-electron chi connectivity index (χ0n) is 7.29. The average molecular weight is 188 g/mol. The van der Waals surface area contributed by atoms with Crippen molar-refractivity contribution in [2.45, 2.75) is 0 Å². The number of anilines is 1. The minimum Gasteiger partial charge on any atom is -0.306 e. The van der Waals surface area contributed by atoms with E-state index in [2.05, 4.69) is 15.4 Å². The number of carbonyl (C=O) groups is 1. The molecule has 0 atom stereocenters. The van der Waals surface area contributed by atoms with Gasteiger partial charge in [0.25, 0.3) is 0 Å². The summed E-state index contributed by atoms with van der Waals surface area (Å²) in [6.45, 7) is 0. The van der Waals surface area contributed by atoms with Crippen LogP contribution in [0.3, 0.4) is 0 Å². The number of aromatic nitrogens is 3. The predicted molar refractivity (Wildman–Crippen MR) is 50.9 cm³/mol. The van der Waals surface area contributed by atoms with E-state index in [9.17, 15) is 4.79 Å². The lowest BCUT2D eigenvalue weighted by atomic mass is 10.3. The Balaban J connectivity index is 2.10. The number of nitrogens with one attached hydrogen (secondary N) is 1. The Morgan fingerprint density at radius 2 is 2.07 bits per heavy atom. The second-order valence-electron chi connectivity index (χ2n) is 2.64. The molecule has 0 aliphatic heterocycles. The van der Waals surface area contributed by atoms with Gasteiger partial charge < -0.3 is 5.32 Å². The SMILES string of the molecule is O=C(Nc1ccccc1)n1cncn1. The molecule has 0 fully saturated rings. The molecule has 0 bridgehead atoms. The van der Waals surface area contributed by atoms with Crippen molar-refractivity contribution >= 4 is 11.7 Å². The highest BCUT2D eigenvalue weighted by Crippen LogP contribution is 2.04. The van der Waals surface area contributed by atoms with Crippen LogP contribution >= 0.6 is 0 Å². The van der Waals surface area contributed by atoms with Gasteiger partial charge in [-0.1, -0.05) is 18.2 Å². The van der Waals surface area contributed by atoms with E-state index < -0.39 is 0 Å². The second kappa shape index (κ2) is 3.69. The third-order valence-electron chi connectivity index (χ3n) is 1.65. The normalized spacial score (nSPS) is 9.71. The fourth-order valence-corrected chi connectivity index (χ4v) is 1.02. The maximum Gasteiger partial charge on any atom is 0.348 e. The minimum absolute atomic E-state index is 0.325. The Kier molecular flexibility index (Phi) is 2.22. The van der Waals surface area contributed by atoms with Gasteiger partial charge in [-0.3, -0.25) is 0 Å². The Morgan fingerprint density at radius 3 is 2.71 bits per heavy atom. The number of rotatable bonds is 1. The number of para-hydroxylation sites is 1. The van der Waals surface area contributed by atoms with Crippen LogP contribution in [0.2, 0.25) is 0 Å². The van der Waals surface area contributed by atoms with Crippen LogP contribution in [0.1, 0.15) is 0 Å². The van der Waals surface area contributed by atoms with Crippen molar-refractivity contribution < 1.29 is 4.79 Å². The Morgan fingerprint density at radius 1 is 1.29 bits per heavy atom. The highest BCUT2D eigenvalue weighted by atomic mass is 16.2. The molecule has 70 valence electrons. The number of nitrogens with zero attached hydrogens (tertiary/aromatic N) is 3. The van der Waals surface area contributed by atoms with Crippen LogP contribution in [-0.4, -0.2) is 20.8 Å². The van der Waals surface area contributed by atoms with Gasteiger partial charge in [0.05, 0.1) is 0 Å². The number of hydrogen-bond donors (Lipinski definition) is 1. The van der Waals surface area contributed by atoms with Crippen molar-refractivity contribution in [3.63, 3.8) is 0 Å². The summed E-state index contributed by atoms with van der Waals surface area (Å²) in [4.78, 5) is 15.1. The van der Waals surface area contributed by atoms with Gasteiger partial charge >= 0.3 is 6.03 Å². The molecule has 0 unspecified atom stereocenters. The first kappa shape index (κ1) is 8.43. The van der Waals surface area contributed by atoms with Crippen LogP contribution in [0, 0.1) is 0 Å². The third-order valence-corrected chi connectivity index (χ3v) is 1.65. The topological polar surface area (TPSA) is 59.8 Å². The van der Waals surface area contributed by atoms with Gasteiger partial charge in [0.2, 0.25) is 0 Å². The summed E-state index contributed by atoms with van der Waals surface area (Å²) in [6.07, 6.45) is 2.66. The lowest BCUT2D eigenvalue weighted by Crippen LogP contribution is -2.19. The van der Waals surface area contributed by atoms with Gasteiger partial charge in [0, 0.05) is 5.69 Å². The molecule has 5 nitrogen and oxygen atoms in total. The molecule has 0 aliphatic carbocycles. The van der Waals surface area contributed by atoms with Gasteiger partial charge in [0.15, 0.2) is 0 Å². The number of hydrogen-bond acceptors (Lipinski definition) is 3. The van der Waals surface area contributed by atoms with Crippen LogP contribution in [0.4, 0.5) is 10.5 Å². The highest BCUT2D eigenvalue weighted by Gasteiger charge is 2.03. The van der Waals surface area contributed by atoms with Crippen LogP contribution in [-0.2, 0) is 0 Å². The largest absolute Gasteiger partial charge is 0.348 e. The number of benzene rings is 1. The molecular formula is C9H8N4O. The maximum absolute atomic E-state index is 11.4. The van der Waals surface area contributed by atoms with Crippen molar-refractivity contribution in [3.8, 4) is 0 Å². The van der Waals surface area contributed by atoms with Gasteiger partial charge in [-0.05, 0) is 12.1 Å². The van der Waals surface area contributed by atoms with E-state index in [1.165, 1.54) is 12.7 Å². The molecular weight excluding hydrogens is 180 g/mol. The maximum atomic E-state index is 11.4. The van der Waals surface area contributed by atoms with Crippen molar-refractivity contribution in [2.24, 2.45) is 0 Å². The molecule has 2 aromatic rings. The van der Waals surface area contributed by atoms with Crippen LogP contribution in [0.15, 0.2) is 43.0 Å². The smallest absolute Gasteiger partial charge is 0.306 e. The summed E-state index contributed by atoms with van der Waals surface area (Å²) in [5.41, 5.74) is 0.730. The van der Waals surface area contributed by atoms with E-state index >= 15 is 0 Å². The van der Waals surface area contributed by atoms with Gasteiger partial charge in [0.1, 0.15) is 12.7 Å². The first-order valence-electron chi connectivity index (χ1n) is 4.07. The summed E-state index contributed by atoms with van der Waals surface area (Å²) >= 11 is 0. The number of carbonyl (C=O) groups excluding carboxylic acids is 1. The Hall–Kier alpha value is -2.17. The van der Waals surface area contributed by atoms with Crippen LogP contribution < -0.4 is 5.32 Å². The van der Waals surface area contributed by atoms with E-state index in [4.69, 9.17) is 0 Å². The van der Waals surface area contributed by atoms with Gasteiger partial charge in [-0.2, -0.15) is 9.78 Å². The molecule has 1 heterocycles. The Bertz CT molecular complexity index is 410. The standard InChI is InChI=1S/C9H8N4O/c14-9(13-7-10-6-11-13)12-8-4-2-1-3-5-8/h1-7H,(H,12,14). The van der Waals surface area contributed by atoms with Gasteiger partial charge in [-0.15, -0.1) is 0 Å². The lowest BCUT2D eigenvalue weighted by Gasteiger charge is -2.02. The van der Waals surface area contributed by atoms with E-state index in [0.717, 1.165) is 10.4 Å². The molecule has 0 saturated heterocycles. The summed E-state index contributed by atoms with van der Waals surface area (Å²) in [5, 5.41) is 6.37. The average Bonchev–Trinajstić information content (AvgIpc) is 2.72. The Labute approximate surface area is 80.4 Å². The van der Waals surface area contributed by atoms with Crippen LogP contribution in [0.25, 0.3) is 0 Å². The predicted octanol–water partition coefficient (Wildman–Crippen LogP) is 1.36. The molecule has 0 radical (unpaired) electrons. The van der Waals surface area contributed by atoms with Crippen molar-refractivity contribution in [2.75, 3.05) is 5.32 Å². The first-order chi connectivity index (χ1) is 6.86. The lowest BCUT2D eigenvalue weighted by molar-refractivity contribution is 0.251. The zero-order chi connectivity index (χ0) is 9.80. The molecule has 1 aromatic carbocycles. The first-order valence-corrected chi connectivity index (χ1v) is 4.07. The molecule has 1 N–H and O–H groups in total. The monoisotopic (exact) mass is 188 g/mol. The van der Waals surface area contributed by atoms with Gasteiger partial charge in [-0.25, -0.2) is 9.78 Å². The number of amides is 1. The summed E-state index contributed by atoms with van der Waals surface area (Å²) in [5.74, 6) is 0. The summed E-state index contributed by atoms with van der Waals surface area (Å²) in [6, 6.07) is 8.84. The van der Waals surface area contributed by atoms with Crippen LogP contribution in [0.5, 0.6) is 0 Å². The van der Waals surface area contributed by atoms with E-state index in [1.807, 2.05) is 18.2 Å². The quantitative estimate of drug-likeness (QED) is 0.735. The fraction of sp³-hybridized carbons (Fsp3) is 0. The molecule has 1 aromatic heterocycles. The highest BCUT2D eigenvalue weighted by molar-refractivity contribution is 5.90. The van der Waals surface area contributed by atoms with E-state index in [1.54, 1.807) is 12.1 Å². The van der Waals surface area contributed by atoms with Crippen molar-refractivity contribution in [1.29, 1.82) is 0 Å². The fourth-order valence-electron chi connectivity index (χ4n) is 1.02. The van der Waals surface area contributed by atoms with E-state index in [0.29, 0.717) is 0 Å². The third kappa shape index (κ3) is 1.77. The molecule has 0 spiro atoms. The summed E-state index contributed by atoms with van der Waals surface area (Å²) in [7, 11) is 0. The molecule has 5 heteroatoms. The van der Waals surface area contributed by atoms with E-state index in [-0.39, 0.29) is 6.03 Å². The molecule has 0 aliphatic rings. The summed E-state index contributed by atoms with van der Waals surface area (Å²) < 4.78 is 1.13. The van der Waals surface area contributed by atoms with Crippen molar-refractivity contribution in [3.05, 3.63) is 43.0 Å².